The number of ether oxygens (including phenoxy) is 2. The third-order valence-electron chi connectivity index (χ3n) is 3.38. The molecule has 1 aromatic rings. The van der Waals surface area contributed by atoms with E-state index < -0.39 is 23.4 Å². The number of Topliss-reactive ketones (excluding diaryl/α,β-unsaturated/α-hetero) is 1. The van der Waals surface area contributed by atoms with Gasteiger partial charge in [0, 0.05) is 0 Å². The van der Waals surface area contributed by atoms with Crippen LogP contribution in [0.4, 0.5) is 4.79 Å². The molecule has 122 valence electrons. The maximum absolute atomic E-state index is 12.9. The molecule has 1 heterocycles. The first-order chi connectivity index (χ1) is 10.9. The molecular weight excluding hydrogens is 308 g/mol. The highest BCUT2D eigenvalue weighted by atomic mass is 16.6. The molecule has 0 fully saturated rings. The summed E-state index contributed by atoms with van der Waals surface area (Å²) in [4.78, 5) is 41.7. The maximum atomic E-state index is 12.9. The second-order valence-electron chi connectivity index (χ2n) is 4.57. The van der Waals surface area contributed by atoms with Crippen LogP contribution < -0.4 is 4.74 Å². The highest BCUT2D eigenvalue weighted by Crippen LogP contribution is 2.34. The van der Waals surface area contributed by atoms with E-state index in [1.165, 1.54) is 26.2 Å². The molecule has 0 aliphatic carbocycles. The zero-order valence-electron chi connectivity index (χ0n) is 12.6. The second-order valence-corrected chi connectivity index (χ2v) is 4.57. The molecular formula is C14H14N2O7. The summed E-state index contributed by atoms with van der Waals surface area (Å²) in [7, 11) is 2.16. The van der Waals surface area contributed by atoms with E-state index >= 15 is 0 Å². The van der Waals surface area contributed by atoms with Gasteiger partial charge in [-0.05, 0) is 19.1 Å². The standard InChI is InChI=1S/C14H14N2O7/c1-8(15-22-3)14(16(20)13(19)21-2)11(17)9-6-4-5-7-10(9)23-12(14)18/h4-7,20H,1-3H3/b15-8+. The summed E-state index contributed by atoms with van der Waals surface area (Å²) in [6.45, 7) is 1.24. The summed E-state index contributed by atoms with van der Waals surface area (Å²) in [5.74, 6) is -2.08. The quantitative estimate of drug-likeness (QED) is 0.220. The van der Waals surface area contributed by atoms with Crippen molar-refractivity contribution in [3.63, 3.8) is 0 Å². The van der Waals surface area contributed by atoms with Crippen LogP contribution in [0.3, 0.4) is 0 Å². The molecule has 1 amide bonds. The van der Waals surface area contributed by atoms with Crippen molar-refractivity contribution in [2.75, 3.05) is 14.2 Å². The number of amides is 1. The predicted octanol–water partition coefficient (Wildman–Crippen LogP) is 1.01. The van der Waals surface area contributed by atoms with E-state index in [4.69, 9.17) is 4.74 Å². The number of methoxy groups -OCH3 is 1. The van der Waals surface area contributed by atoms with E-state index in [-0.39, 0.29) is 22.1 Å². The number of hydroxylamine groups is 2. The van der Waals surface area contributed by atoms with Crippen molar-refractivity contribution in [3.05, 3.63) is 29.8 Å². The Morgan fingerprint density at radius 3 is 2.57 bits per heavy atom. The Labute approximate surface area is 131 Å². The molecule has 23 heavy (non-hydrogen) atoms. The number of benzene rings is 1. The van der Waals surface area contributed by atoms with Gasteiger partial charge in [0.25, 0.3) is 5.54 Å². The monoisotopic (exact) mass is 322 g/mol. The molecule has 0 spiro atoms. The van der Waals surface area contributed by atoms with Crippen LogP contribution in [0.5, 0.6) is 5.75 Å². The lowest BCUT2D eigenvalue weighted by Crippen LogP contribution is -2.68. The molecule has 9 nitrogen and oxygen atoms in total. The number of hydrogen-bond acceptors (Lipinski definition) is 8. The van der Waals surface area contributed by atoms with Gasteiger partial charge in [0.2, 0.25) is 5.78 Å². The molecule has 9 heteroatoms. The Morgan fingerprint density at radius 1 is 1.30 bits per heavy atom. The summed E-state index contributed by atoms with van der Waals surface area (Å²) in [6.07, 6.45) is -1.33. The smallest absolute Gasteiger partial charge is 0.435 e. The Kier molecular flexibility index (Phi) is 4.32. The van der Waals surface area contributed by atoms with Gasteiger partial charge in [0.05, 0.1) is 12.7 Å². The van der Waals surface area contributed by atoms with Gasteiger partial charge >= 0.3 is 12.1 Å². The number of ketones is 1. The molecule has 0 aromatic heterocycles. The first-order valence-electron chi connectivity index (χ1n) is 6.42. The van der Waals surface area contributed by atoms with Crippen LogP contribution in [0, 0.1) is 0 Å². The van der Waals surface area contributed by atoms with Gasteiger partial charge in [0.15, 0.2) is 0 Å². The highest BCUT2D eigenvalue weighted by molar-refractivity contribution is 6.35. The fourth-order valence-corrected chi connectivity index (χ4v) is 2.28. The molecule has 0 saturated heterocycles. The van der Waals surface area contributed by atoms with E-state index in [2.05, 4.69) is 14.7 Å². The summed E-state index contributed by atoms with van der Waals surface area (Å²) in [6, 6.07) is 5.92. The van der Waals surface area contributed by atoms with E-state index in [1.54, 1.807) is 12.1 Å². The van der Waals surface area contributed by atoms with Gasteiger partial charge in [-0.3, -0.25) is 10.0 Å². The van der Waals surface area contributed by atoms with E-state index in [1.807, 2.05) is 0 Å². The number of carbonyl (C=O) groups excluding carboxylic acids is 3. The fraction of sp³-hybridized carbons (Fsp3) is 0.286. The summed E-state index contributed by atoms with van der Waals surface area (Å²) >= 11 is 0. The fourth-order valence-electron chi connectivity index (χ4n) is 2.28. The molecule has 0 saturated carbocycles. The Hall–Kier alpha value is -2.94. The highest BCUT2D eigenvalue weighted by Gasteiger charge is 2.61. The molecule has 1 aliphatic rings. The topological polar surface area (TPSA) is 115 Å². The molecule has 0 bridgehead atoms. The van der Waals surface area contributed by atoms with E-state index in [0.717, 1.165) is 7.11 Å². The number of para-hydroxylation sites is 1. The zero-order chi connectivity index (χ0) is 17.2. The number of nitrogens with zero attached hydrogens (tertiary/aromatic N) is 2. The van der Waals surface area contributed by atoms with Crippen molar-refractivity contribution in [1.82, 2.24) is 5.06 Å². The zero-order valence-corrected chi connectivity index (χ0v) is 12.6. The van der Waals surface area contributed by atoms with E-state index in [9.17, 15) is 19.6 Å². The van der Waals surface area contributed by atoms with Crippen LogP contribution in [-0.2, 0) is 14.4 Å². The minimum Gasteiger partial charge on any atom is -0.451 e. The average molecular weight is 322 g/mol. The Morgan fingerprint density at radius 2 is 1.96 bits per heavy atom. The van der Waals surface area contributed by atoms with Crippen LogP contribution >= 0.6 is 0 Å². The first-order valence-corrected chi connectivity index (χ1v) is 6.42. The number of carbonyl (C=O) groups is 3. The van der Waals surface area contributed by atoms with Crippen molar-refractivity contribution < 1.29 is 33.9 Å². The van der Waals surface area contributed by atoms with Crippen LogP contribution in [0.2, 0.25) is 0 Å². The van der Waals surface area contributed by atoms with Crippen molar-refractivity contribution >= 4 is 23.6 Å². The van der Waals surface area contributed by atoms with Crippen LogP contribution in [0.25, 0.3) is 0 Å². The molecule has 2 rings (SSSR count). The number of fused-ring (bicyclic) bond motifs is 1. The minimum atomic E-state index is -2.53. The van der Waals surface area contributed by atoms with Crippen molar-refractivity contribution in [1.29, 1.82) is 0 Å². The van der Waals surface area contributed by atoms with Gasteiger partial charge in [-0.1, -0.05) is 17.3 Å². The number of hydrogen-bond donors (Lipinski definition) is 1. The third-order valence-corrected chi connectivity index (χ3v) is 3.38. The molecule has 1 N–H and O–H groups in total. The average Bonchev–Trinajstić information content (AvgIpc) is 2.54. The molecule has 1 unspecified atom stereocenters. The first kappa shape index (κ1) is 16.4. The van der Waals surface area contributed by atoms with Crippen LogP contribution in [0.15, 0.2) is 29.4 Å². The van der Waals surface area contributed by atoms with Crippen LogP contribution in [-0.4, -0.2) is 53.6 Å². The summed E-state index contributed by atoms with van der Waals surface area (Å²) < 4.78 is 9.48. The van der Waals surface area contributed by atoms with Crippen molar-refractivity contribution in [3.8, 4) is 5.75 Å². The third kappa shape index (κ3) is 2.30. The number of esters is 1. The lowest BCUT2D eigenvalue weighted by Gasteiger charge is -2.37. The lowest BCUT2D eigenvalue weighted by molar-refractivity contribution is -0.162. The molecule has 1 aromatic carbocycles. The summed E-state index contributed by atoms with van der Waals surface area (Å²) in [5, 5.41) is 13.5. The van der Waals surface area contributed by atoms with Gasteiger partial charge in [-0.25, -0.2) is 9.59 Å². The van der Waals surface area contributed by atoms with Crippen molar-refractivity contribution in [2.45, 2.75) is 12.5 Å². The van der Waals surface area contributed by atoms with Crippen molar-refractivity contribution in [2.24, 2.45) is 5.16 Å². The predicted molar refractivity (Wildman–Crippen MR) is 75.3 cm³/mol. The molecule has 1 atom stereocenters. The number of rotatable bonds is 3. The van der Waals surface area contributed by atoms with Gasteiger partial charge in [0.1, 0.15) is 18.6 Å². The van der Waals surface area contributed by atoms with Gasteiger partial charge < -0.3 is 14.3 Å². The maximum Gasteiger partial charge on any atom is 0.435 e. The number of oxime groups is 1. The van der Waals surface area contributed by atoms with E-state index in [0.29, 0.717) is 0 Å². The Bertz CT molecular complexity index is 700. The largest absolute Gasteiger partial charge is 0.451 e. The molecule has 1 aliphatic heterocycles. The second kappa shape index (κ2) is 6.05. The lowest BCUT2D eigenvalue weighted by atomic mass is 9.82. The minimum absolute atomic E-state index is 0.000654. The summed E-state index contributed by atoms with van der Waals surface area (Å²) in [5.41, 5.74) is -2.82. The van der Waals surface area contributed by atoms with Crippen LogP contribution in [0.1, 0.15) is 17.3 Å². The SMILES string of the molecule is CO/N=C(\C)C1(N(O)C(=O)OC)C(=O)Oc2ccccc2C1=O. The van der Waals surface area contributed by atoms with Gasteiger partial charge in [-0.2, -0.15) is 5.06 Å². The molecule has 0 radical (unpaired) electrons. The normalized spacial score (nSPS) is 20.4. The van der Waals surface area contributed by atoms with Gasteiger partial charge in [-0.15, -0.1) is 0 Å². The Balaban J connectivity index is 2.72.